The second-order valence-electron chi connectivity index (χ2n) is 5.29. The van der Waals surface area contributed by atoms with E-state index >= 15 is 0 Å². The van der Waals surface area contributed by atoms with E-state index in [9.17, 15) is 19.2 Å². The van der Waals surface area contributed by atoms with Crippen LogP contribution in [0.4, 0.5) is 4.79 Å². The fraction of sp³-hybridized carbons (Fsp3) is 0.474. The van der Waals surface area contributed by atoms with E-state index in [4.69, 9.17) is 33.2 Å². The van der Waals surface area contributed by atoms with Crippen LogP contribution in [0.3, 0.4) is 0 Å². The number of esters is 3. The standard InChI is InChI=1S/C19H26O11/c1-5-24-7-9-26-16(20)13-15(18(22)28-10-8-25-6-2)30-19(23)29-12-11-27-17(21)14(3)4/h5-6,15H,1-3,7-13H2,4H3. The number of hydrogen-bond acceptors (Lipinski definition) is 11. The molecule has 0 bridgehead atoms. The van der Waals surface area contributed by atoms with Crippen molar-refractivity contribution in [3.8, 4) is 0 Å². The molecule has 0 aromatic rings. The molecule has 0 aliphatic carbocycles. The van der Waals surface area contributed by atoms with E-state index in [0.29, 0.717) is 0 Å². The molecule has 0 aliphatic heterocycles. The summed E-state index contributed by atoms with van der Waals surface area (Å²) in [5.74, 6) is -2.50. The van der Waals surface area contributed by atoms with Crippen LogP contribution in [0.1, 0.15) is 13.3 Å². The highest BCUT2D eigenvalue weighted by Gasteiger charge is 2.29. The lowest BCUT2D eigenvalue weighted by molar-refractivity contribution is -0.162. The molecular formula is C19H26O11. The molecule has 0 radical (unpaired) electrons. The van der Waals surface area contributed by atoms with Crippen LogP contribution in [0.15, 0.2) is 37.8 Å². The number of hydrogen-bond donors (Lipinski definition) is 0. The van der Waals surface area contributed by atoms with Crippen LogP contribution in [0, 0.1) is 0 Å². The van der Waals surface area contributed by atoms with Crippen molar-refractivity contribution in [2.45, 2.75) is 19.4 Å². The lowest BCUT2D eigenvalue weighted by Crippen LogP contribution is -2.33. The first-order valence-electron chi connectivity index (χ1n) is 8.75. The lowest BCUT2D eigenvalue weighted by atomic mass is 10.2. The monoisotopic (exact) mass is 430 g/mol. The first-order valence-corrected chi connectivity index (χ1v) is 8.75. The average Bonchev–Trinajstić information content (AvgIpc) is 2.70. The van der Waals surface area contributed by atoms with Crippen molar-refractivity contribution in [3.63, 3.8) is 0 Å². The molecular weight excluding hydrogens is 404 g/mol. The molecule has 11 heteroatoms. The van der Waals surface area contributed by atoms with Gasteiger partial charge in [-0.15, -0.1) is 0 Å². The predicted molar refractivity (Wildman–Crippen MR) is 101 cm³/mol. The summed E-state index contributed by atoms with van der Waals surface area (Å²) in [4.78, 5) is 46.9. The van der Waals surface area contributed by atoms with Crippen LogP contribution >= 0.6 is 0 Å². The summed E-state index contributed by atoms with van der Waals surface area (Å²) in [6.07, 6.45) is -1.18. The molecule has 1 atom stereocenters. The van der Waals surface area contributed by atoms with E-state index in [0.717, 1.165) is 6.26 Å². The van der Waals surface area contributed by atoms with E-state index in [1.165, 1.54) is 13.2 Å². The summed E-state index contributed by atoms with van der Waals surface area (Å²) in [6.45, 7) is 10.7. The summed E-state index contributed by atoms with van der Waals surface area (Å²) in [5, 5.41) is 0. The molecule has 11 nitrogen and oxygen atoms in total. The normalized spacial score (nSPS) is 10.6. The van der Waals surface area contributed by atoms with E-state index in [-0.39, 0.29) is 45.2 Å². The number of rotatable bonds is 16. The highest BCUT2D eigenvalue weighted by atomic mass is 16.7. The van der Waals surface area contributed by atoms with Crippen molar-refractivity contribution >= 4 is 24.1 Å². The third-order valence-electron chi connectivity index (χ3n) is 2.88. The topological polar surface area (TPSA) is 133 Å². The molecule has 0 heterocycles. The van der Waals surface area contributed by atoms with Crippen molar-refractivity contribution in [2.24, 2.45) is 0 Å². The zero-order chi connectivity index (χ0) is 22.8. The van der Waals surface area contributed by atoms with E-state index in [1.54, 1.807) is 0 Å². The van der Waals surface area contributed by atoms with Gasteiger partial charge in [-0.05, 0) is 6.92 Å². The Morgan fingerprint density at radius 3 is 1.90 bits per heavy atom. The Bertz CT molecular complexity index is 612. The van der Waals surface area contributed by atoms with Gasteiger partial charge in [-0.25, -0.2) is 14.4 Å². The van der Waals surface area contributed by atoms with E-state index < -0.39 is 36.6 Å². The van der Waals surface area contributed by atoms with Crippen molar-refractivity contribution in [3.05, 3.63) is 37.8 Å². The molecule has 0 saturated carbocycles. The molecule has 0 aromatic heterocycles. The summed E-state index contributed by atoms with van der Waals surface area (Å²) in [7, 11) is 0. The summed E-state index contributed by atoms with van der Waals surface area (Å²) in [5.41, 5.74) is 0.179. The van der Waals surface area contributed by atoms with Crippen molar-refractivity contribution < 1.29 is 52.3 Å². The zero-order valence-corrected chi connectivity index (χ0v) is 16.8. The van der Waals surface area contributed by atoms with E-state index in [2.05, 4.69) is 19.7 Å². The van der Waals surface area contributed by atoms with Gasteiger partial charge in [0, 0.05) is 5.57 Å². The molecule has 0 amide bonds. The fourth-order valence-electron chi connectivity index (χ4n) is 1.57. The number of carbonyl (C=O) groups excluding carboxylic acids is 4. The molecule has 0 rings (SSSR count). The van der Waals surface area contributed by atoms with Crippen LogP contribution in [0.5, 0.6) is 0 Å². The summed E-state index contributed by atoms with van der Waals surface area (Å²) >= 11 is 0. The highest BCUT2D eigenvalue weighted by molar-refractivity contribution is 5.87. The van der Waals surface area contributed by atoms with Crippen LogP contribution in [-0.4, -0.2) is 69.8 Å². The van der Waals surface area contributed by atoms with Gasteiger partial charge in [0.25, 0.3) is 0 Å². The second kappa shape index (κ2) is 16.5. The van der Waals surface area contributed by atoms with Crippen molar-refractivity contribution in [1.82, 2.24) is 0 Å². The van der Waals surface area contributed by atoms with Gasteiger partial charge < -0.3 is 33.2 Å². The molecule has 0 spiro atoms. The minimum atomic E-state index is -1.62. The quantitative estimate of drug-likeness (QED) is 0.116. The predicted octanol–water partition coefficient (Wildman–Crippen LogP) is 1.42. The smallest absolute Gasteiger partial charge is 0.498 e. The Hall–Kier alpha value is -3.50. The molecule has 1 unspecified atom stereocenters. The molecule has 0 aromatic carbocycles. The van der Waals surface area contributed by atoms with Crippen molar-refractivity contribution in [1.29, 1.82) is 0 Å². The van der Waals surface area contributed by atoms with Gasteiger partial charge in [0.1, 0.15) is 39.6 Å². The van der Waals surface area contributed by atoms with Gasteiger partial charge in [-0.1, -0.05) is 19.7 Å². The largest absolute Gasteiger partial charge is 0.509 e. The van der Waals surface area contributed by atoms with Crippen LogP contribution in [0.25, 0.3) is 0 Å². The third kappa shape index (κ3) is 13.6. The van der Waals surface area contributed by atoms with Crippen LogP contribution in [-0.2, 0) is 47.5 Å². The Kier molecular flexibility index (Phi) is 14.5. The van der Waals surface area contributed by atoms with E-state index in [1.807, 2.05) is 0 Å². The van der Waals surface area contributed by atoms with Gasteiger partial charge in [0.05, 0.1) is 18.9 Å². The lowest BCUT2D eigenvalue weighted by Gasteiger charge is -2.16. The average molecular weight is 430 g/mol. The zero-order valence-electron chi connectivity index (χ0n) is 16.8. The van der Waals surface area contributed by atoms with Gasteiger partial charge in [0.15, 0.2) is 0 Å². The maximum absolute atomic E-state index is 12.1. The Labute approximate surface area is 174 Å². The Balaban J connectivity index is 4.59. The molecule has 0 N–H and O–H groups in total. The fourth-order valence-corrected chi connectivity index (χ4v) is 1.57. The number of carbonyl (C=O) groups is 4. The maximum Gasteiger partial charge on any atom is 0.509 e. The van der Waals surface area contributed by atoms with Gasteiger partial charge in [0.2, 0.25) is 6.10 Å². The van der Waals surface area contributed by atoms with Crippen LogP contribution < -0.4 is 0 Å². The van der Waals surface area contributed by atoms with Gasteiger partial charge >= 0.3 is 24.1 Å². The Morgan fingerprint density at radius 2 is 1.33 bits per heavy atom. The first-order chi connectivity index (χ1) is 14.3. The van der Waals surface area contributed by atoms with Gasteiger partial charge in [-0.3, -0.25) is 4.79 Å². The minimum Gasteiger partial charge on any atom is -0.498 e. The van der Waals surface area contributed by atoms with Gasteiger partial charge in [-0.2, -0.15) is 0 Å². The molecule has 0 fully saturated rings. The maximum atomic E-state index is 12.1. The Morgan fingerprint density at radius 1 is 0.800 bits per heavy atom. The highest BCUT2D eigenvalue weighted by Crippen LogP contribution is 2.06. The summed E-state index contributed by atoms with van der Waals surface area (Å²) in [6, 6.07) is 0. The number of ether oxygens (including phenoxy) is 7. The summed E-state index contributed by atoms with van der Waals surface area (Å²) < 4.78 is 33.5. The second-order valence-corrected chi connectivity index (χ2v) is 5.29. The molecule has 30 heavy (non-hydrogen) atoms. The van der Waals surface area contributed by atoms with Crippen LogP contribution in [0.2, 0.25) is 0 Å². The molecule has 168 valence electrons. The molecule has 0 aliphatic rings. The molecule has 0 saturated heterocycles. The third-order valence-corrected chi connectivity index (χ3v) is 2.88. The first kappa shape index (κ1) is 26.5. The van der Waals surface area contributed by atoms with Crippen molar-refractivity contribution in [2.75, 3.05) is 39.6 Å². The SMILES string of the molecule is C=COCCOC(=O)CC(OC(=O)OCCOC(=O)C(=C)C)C(=O)OCCOC=C. The minimum absolute atomic E-state index is 0.0177.